The summed E-state index contributed by atoms with van der Waals surface area (Å²) < 4.78 is 1.87. The lowest BCUT2D eigenvalue weighted by Gasteiger charge is -1.96. The second kappa shape index (κ2) is 2.39. The van der Waals surface area contributed by atoms with Gasteiger partial charge in [-0.3, -0.25) is 0 Å². The Morgan fingerprint density at radius 3 is 3.36 bits per heavy atom. The van der Waals surface area contributed by atoms with Crippen LogP contribution in [0, 0.1) is 0 Å². The third-order valence-electron chi connectivity index (χ3n) is 1.69. The average molecular weight is 150 g/mol. The summed E-state index contributed by atoms with van der Waals surface area (Å²) in [5.74, 6) is 0. The summed E-state index contributed by atoms with van der Waals surface area (Å²) in [5, 5.41) is 5.29. The molecular formula is C7H10N4. The van der Waals surface area contributed by atoms with Gasteiger partial charge in [0.15, 0.2) is 0 Å². The highest BCUT2D eigenvalue weighted by molar-refractivity contribution is 5.74. The monoisotopic (exact) mass is 150 g/mol. The molecule has 4 heteroatoms. The van der Waals surface area contributed by atoms with E-state index in [1.54, 1.807) is 0 Å². The van der Waals surface area contributed by atoms with E-state index in [9.17, 15) is 0 Å². The molecule has 0 aliphatic rings. The summed E-state index contributed by atoms with van der Waals surface area (Å²) in [5.41, 5.74) is 6.46. The minimum absolute atomic E-state index is 0.621. The second-order valence-corrected chi connectivity index (χ2v) is 2.44. The summed E-state index contributed by atoms with van der Waals surface area (Å²) in [6.07, 6.45) is 3.74. The zero-order valence-corrected chi connectivity index (χ0v) is 6.12. The van der Waals surface area contributed by atoms with Crippen LogP contribution in [0.3, 0.4) is 0 Å². The van der Waals surface area contributed by atoms with Crippen molar-refractivity contribution in [1.82, 2.24) is 14.8 Å². The lowest BCUT2D eigenvalue weighted by molar-refractivity contribution is 0.640. The van der Waals surface area contributed by atoms with Crippen molar-refractivity contribution in [1.29, 1.82) is 0 Å². The van der Waals surface area contributed by atoms with Gasteiger partial charge in [-0.05, 0) is 6.07 Å². The molecule has 58 valence electrons. The van der Waals surface area contributed by atoms with Gasteiger partial charge in [-0.15, -0.1) is 0 Å². The topological polar surface area (TPSA) is 59.6 Å². The molecule has 2 rings (SSSR count). The highest BCUT2D eigenvalue weighted by Gasteiger charge is 2.00. The highest BCUT2D eigenvalue weighted by atomic mass is 15.3. The fraction of sp³-hybridized carbons (Fsp3) is 0.286. The minimum atomic E-state index is 0.621. The smallest absolute Gasteiger partial charge is 0.135 e. The van der Waals surface area contributed by atoms with Gasteiger partial charge in [0, 0.05) is 18.1 Å². The molecule has 0 aromatic carbocycles. The van der Waals surface area contributed by atoms with E-state index in [1.165, 1.54) is 0 Å². The molecule has 0 aliphatic carbocycles. The second-order valence-electron chi connectivity index (χ2n) is 2.44. The summed E-state index contributed by atoms with van der Waals surface area (Å²) >= 11 is 0. The zero-order valence-electron chi connectivity index (χ0n) is 6.12. The first-order valence-electron chi connectivity index (χ1n) is 3.61. The molecule has 2 heterocycles. The van der Waals surface area contributed by atoms with Crippen molar-refractivity contribution in [2.75, 3.05) is 6.54 Å². The van der Waals surface area contributed by atoms with E-state index in [0.717, 1.165) is 17.6 Å². The van der Waals surface area contributed by atoms with Crippen LogP contribution in [-0.2, 0) is 6.54 Å². The minimum Gasteiger partial charge on any atom is -0.346 e. The van der Waals surface area contributed by atoms with E-state index in [4.69, 9.17) is 5.73 Å². The summed E-state index contributed by atoms with van der Waals surface area (Å²) in [7, 11) is 0. The van der Waals surface area contributed by atoms with Crippen molar-refractivity contribution in [3.63, 3.8) is 0 Å². The SMILES string of the molecule is NCCn1ncc2cc[nH]c21. The van der Waals surface area contributed by atoms with Crippen molar-refractivity contribution in [2.45, 2.75) is 6.54 Å². The summed E-state index contributed by atoms with van der Waals surface area (Å²) in [4.78, 5) is 3.10. The van der Waals surface area contributed by atoms with Gasteiger partial charge in [-0.1, -0.05) is 0 Å². The van der Waals surface area contributed by atoms with Crippen molar-refractivity contribution >= 4 is 11.0 Å². The van der Waals surface area contributed by atoms with Crippen LogP contribution in [0.2, 0.25) is 0 Å². The van der Waals surface area contributed by atoms with Crippen molar-refractivity contribution < 1.29 is 0 Å². The molecule has 0 saturated carbocycles. The zero-order chi connectivity index (χ0) is 7.68. The Hall–Kier alpha value is -1.29. The molecular weight excluding hydrogens is 140 g/mol. The van der Waals surface area contributed by atoms with E-state index in [2.05, 4.69) is 10.1 Å². The van der Waals surface area contributed by atoms with Crippen LogP contribution >= 0.6 is 0 Å². The van der Waals surface area contributed by atoms with Crippen LogP contribution in [0.4, 0.5) is 0 Å². The Bertz CT molecular complexity index is 346. The van der Waals surface area contributed by atoms with Crippen LogP contribution < -0.4 is 5.73 Å². The first-order valence-corrected chi connectivity index (χ1v) is 3.61. The maximum atomic E-state index is 5.40. The Kier molecular flexibility index (Phi) is 1.40. The van der Waals surface area contributed by atoms with Crippen molar-refractivity contribution in [3.8, 4) is 0 Å². The van der Waals surface area contributed by atoms with Gasteiger partial charge in [0.1, 0.15) is 5.65 Å². The maximum absolute atomic E-state index is 5.40. The fourth-order valence-corrected chi connectivity index (χ4v) is 1.18. The number of hydrogen-bond donors (Lipinski definition) is 2. The molecule has 0 bridgehead atoms. The molecule has 0 spiro atoms. The average Bonchev–Trinajstić information content (AvgIpc) is 2.53. The maximum Gasteiger partial charge on any atom is 0.135 e. The lowest BCUT2D eigenvalue weighted by Crippen LogP contribution is -2.10. The number of nitrogens with two attached hydrogens (primary N) is 1. The highest BCUT2D eigenvalue weighted by Crippen LogP contribution is 2.09. The number of hydrogen-bond acceptors (Lipinski definition) is 2. The van der Waals surface area contributed by atoms with Gasteiger partial charge < -0.3 is 10.7 Å². The normalized spacial score (nSPS) is 11.0. The van der Waals surface area contributed by atoms with Gasteiger partial charge >= 0.3 is 0 Å². The van der Waals surface area contributed by atoms with Gasteiger partial charge in [0.05, 0.1) is 12.7 Å². The molecule has 0 aliphatic heterocycles. The predicted molar refractivity (Wildman–Crippen MR) is 43.1 cm³/mol. The number of nitrogens with one attached hydrogen (secondary N) is 1. The van der Waals surface area contributed by atoms with Crippen molar-refractivity contribution in [3.05, 3.63) is 18.5 Å². The Balaban J connectivity index is 2.51. The number of aromatic nitrogens is 3. The Morgan fingerprint density at radius 2 is 2.55 bits per heavy atom. The summed E-state index contributed by atoms with van der Waals surface area (Å²) in [6.45, 7) is 1.39. The van der Waals surface area contributed by atoms with Gasteiger partial charge in [0.2, 0.25) is 0 Å². The third kappa shape index (κ3) is 0.914. The van der Waals surface area contributed by atoms with Crippen LogP contribution in [0.5, 0.6) is 0 Å². The first kappa shape index (κ1) is 6.42. The predicted octanol–water partition coefficient (Wildman–Crippen LogP) is 0.323. The standard InChI is InChI=1S/C7H10N4/c8-2-4-11-7-6(5-10-11)1-3-9-7/h1,3,5,9H,2,4,8H2. The summed E-state index contributed by atoms with van der Waals surface area (Å²) in [6, 6.07) is 2.00. The Morgan fingerprint density at radius 1 is 1.64 bits per heavy atom. The molecule has 11 heavy (non-hydrogen) atoms. The first-order chi connectivity index (χ1) is 5.42. The molecule has 2 aromatic rings. The van der Waals surface area contributed by atoms with Crippen LogP contribution in [-0.4, -0.2) is 21.3 Å². The molecule has 0 saturated heterocycles. The molecule has 0 amide bonds. The molecule has 0 atom stereocenters. The fourth-order valence-electron chi connectivity index (χ4n) is 1.18. The van der Waals surface area contributed by atoms with Crippen molar-refractivity contribution in [2.24, 2.45) is 5.73 Å². The molecule has 3 N–H and O–H groups in total. The molecule has 0 radical (unpaired) electrons. The van der Waals surface area contributed by atoms with E-state index in [0.29, 0.717) is 6.54 Å². The number of fused-ring (bicyclic) bond motifs is 1. The van der Waals surface area contributed by atoms with E-state index in [1.807, 2.05) is 23.1 Å². The van der Waals surface area contributed by atoms with E-state index >= 15 is 0 Å². The van der Waals surface area contributed by atoms with Gasteiger partial charge in [0.25, 0.3) is 0 Å². The third-order valence-corrected chi connectivity index (χ3v) is 1.69. The number of aromatic amines is 1. The van der Waals surface area contributed by atoms with E-state index < -0.39 is 0 Å². The molecule has 4 nitrogen and oxygen atoms in total. The number of rotatable bonds is 2. The quantitative estimate of drug-likeness (QED) is 0.647. The van der Waals surface area contributed by atoms with Gasteiger partial charge in [-0.25, -0.2) is 4.68 Å². The molecule has 2 aromatic heterocycles. The van der Waals surface area contributed by atoms with Crippen LogP contribution in [0.15, 0.2) is 18.5 Å². The van der Waals surface area contributed by atoms with E-state index in [-0.39, 0.29) is 0 Å². The number of nitrogens with zero attached hydrogens (tertiary/aromatic N) is 2. The largest absolute Gasteiger partial charge is 0.346 e. The van der Waals surface area contributed by atoms with Crippen LogP contribution in [0.25, 0.3) is 11.0 Å². The van der Waals surface area contributed by atoms with Crippen LogP contribution in [0.1, 0.15) is 0 Å². The van der Waals surface area contributed by atoms with Gasteiger partial charge in [-0.2, -0.15) is 5.10 Å². The molecule has 0 unspecified atom stereocenters. The lowest BCUT2D eigenvalue weighted by atomic mass is 10.4. The number of H-pyrrole nitrogens is 1. The molecule has 0 fully saturated rings. The Labute approximate surface area is 64.0 Å².